The summed E-state index contributed by atoms with van der Waals surface area (Å²) >= 11 is 0. The molecule has 3 aromatic carbocycles. The van der Waals surface area contributed by atoms with Crippen LogP contribution in [0.25, 0.3) is 11.0 Å². The van der Waals surface area contributed by atoms with Gasteiger partial charge < -0.3 is 14.8 Å². The zero-order valence-corrected chi connectivity index (χ0v) is 17.6. The molecule has 4 aromatic rings. The third kappa shape index (κ3) is 4.75. The van der Waals surface area contributed by atoms with Gasteiger partial charge in [0.25, 0.3) is 21.8 Å². The smallest absolute Gasteiger partial charge is 0.349 e. The van der Waals surface area contributed by atoms with Crippen LogP contribution in [0.3, 0.4) is 0 Å². The van der Waals surface area contributed by atoms with Crippen LogP contribution in [0, 0.1) is 0 Å². The van der Waals surface area contributed by atoms with Crippen LogP contribution in [-0.4, -0.2) is 25.3 Å². The topological polar surface area (TPSA) is 143 Å². The average Bonchev–Trinajstić information content (AvgIpc) is 2.79. The number of phenolic OH excluding ortho intramolecular Hbond substituents is 1. The lowest BCUT2D eigenvalue weighted by molar-refractivity contribution is 0.0979. The van der Waals surface area contributed by atoms with Gasteiger partial charge in [0.1, 0.15) is 16.9 Å². The van der Waals surface area contributed by atoms with Crippen LogP contribution in [-0.2, 0) is 10.0 Å². The van der Waals surface area contributed by atoms with E-state index >= 15 is 0 Å². The molecule has 0 aliphatic heterocycles. The van der Waals surface area contributed by atoms with E-state index in [1.807, 2.05) is 4.72 Å². The van der Waals surface area contributed by atoms with Gasteiger partial charge in [0.05, 0.1) is 4.90 Å². The van der Waals surface area contributed by atoms with Crippen LogP contribution >= 0.6 is 0 Å². The number of nitrogens with one attached hydrogen (secondary N) is 2. The van der Waals surface area contributed by atoms with Gasteiger partial charge in [-0.2, -0.15) is 0 Å². The number of rotatable bonds is 5. The molecule has 166 valence electrons. The Hall–Kier alpha value is -4.44. The Morgan fingerprint density at radius 1 is 0.848 bits per heavy atom. The van der Waals surface area contributed by atoms with Crippen molar-refractivity contribution in [1.82, 2.24) is 4.72 Å². The van der Waals surface area contributed by atoms with Crippen molar-refractivity contribution in [3.63, 3.8) is 0 Å². The van der Waals surface area contributed by atoms with E-state index < -0.39 is 27.5 Å². The molecular weight excluding hydrogens is 448 g/mol. The molecule has 3 N–H and O–H groups in total. The third-order valence-electron chi connectivity index (χ3n) is 4.65. The molecule has 0 fully saturated rings. The lowest BCUT2D eigenvalue weighted by Gasteiger charge is -2.09. The summed E-state index contributed by atoms with van der Waals surface area (Å²) in [5.74, 6) is -1.62. The fraction of sp³-hybridized carbons (Fsp3) is 0. The van der Waals surface area contributed by atoms with E-state index in [9.17, 15) is 27.9 Å². The summed E-state index contributed by atoms with van der Waals surface area (Å²) in [5, 5.41) is 12.4. The summed E-state index contributed by atoms with van der Waals surface area (Å²) in [7, 11) is -4.14. The van der Waals surface area contributed by atoms with Crippen molar-refractivity contribution >= 4 is 38.5 Å². The standard InChI is InChI=1S/C23H16N2O7S/c26-17-9-6-15-12-19(23(29)32-20(15)13-17)22(28)24-16-7-10-18(11-8-16)33(30,31)25-21(27)14-4-2-1-3-5-14/h1-13,26H,(H,24,28)(H,25,27). The van der Waals surface area contributed by atoms with E-state index in [1.165, 1.54) is 60.7 Å². The largest absolute Gasteiger partial charge is 0.508 e. The van der Waals surface area contributed by atoms with Crippen molar-refractivity contribution in [2.75, 3.05) is 5.32 Å². The summed E-state index contributed by atoms with van der Waals surface area (Å²) in [6, 6.07) is 18.4. The minimum Gasteiger partial charge on any atom is -0.508 e. The van der Waals surface area contributed by atoms with E-state index in [4.69, 9.17) is 4.42 Å². The Morgan fingerprint density at radius 3 is 2.24 bits per heavy atom. The second-order valence-corrected chi connectivity index (χ2v) is 8.63. The van der Waals surface area contributed by atoms with Crippen molar-refractivity contribution in [3.8, 4) is 5.75 Å². The zero-order valence-electron chi connectivity index (χ0n) is 16.8. The molecule has 33 heavy (non-hydrogen) atoms. The van der Waals surface area contributed by atoms with Gasteiger partial charge in [0.15, 0.2) is 0 Å². The van der Waals surface area contributed by atoms with Gasteiger partial charge in [-0.05, 0) is 54.6 Å². The molecule has 4 rings (SSSR count). The quantitative estimate of drug-likeness (QED) is 0.385. The first-order chi connectivity index (χ1) is 15.7. The van der Waals surface area contributed by atoms with E-state index in [1.54, 1.807) is 18.2 Å². The minimum atomic E-state index is -4.14. The van der Waals surface area contributed by atoms with Gasteiger partial charge in [-0.15, -0.1) is 0 Å². The van der Waals surface area contributed by atoms with Crippen LogP contribution in [0.5, 0.6) is 5.75 Å². The van der Waals surface area contributed by atoms with Crippen molar-refractivity contribution in [2.45, 2.75) is 4.90 Å². The first kappa shape index (κ1) is 21.8. The van der Waals surface area contributed by atoms with Crippen LogP contribution in [0.2, 0.25) is 0 Å². The molecule has 10 heteroatoms. The maximum absolute atomic E-state index is 12.5. The Kier molecular flexibility index (Phi) is 5.67. The molecule has 9 nitrogen and oxygen atoms in total. The predicted octanol–water partition coefficient (Wildman–Crippen LogP) is 2.87. The summed E-state index contributed by atoms with van der Waals surface area (Å²) in [4.78, 5) is 36.6. The number of aromatic hydroxyl groups is 1. The third-order valence-corrected chi connectivity index (χ3v) is 6.00. The van der Waals surface area contributed by atoms with Crippen LogP contribution < -0.4 is 15.7 Å². The van der Waals surface area contributed by atoms with Gasteiger partial charge in [-0.25, -0.2) is 17.9 Å². The highest BCUT2D eigenvalue weighted by Gasteiger charge is 2.19. The second kappa shape index (κ2) is 8.60. The lowest BCUT2D eigenvalue weighted by Crippen LogP contribution is -2.30. The molecule has 0 radical (unpaired) electrons. The molecule has 1 heterocycles. The molecule has 0 aliphatic carbocycles. The van der Waals surface area contributed by atoms with Crippen LogP contribution in [0.15, 0.2) is 93.0 Å². The number of hydrogen-bond donors (Lipinski definition) is 3. The van der Waals surface area contributed by atoms with Gasteiger partial charge in [0.2, 0.25) is 0 Å². The molecule has 0 aliphatic rings. The maximum Gasteiger partial charge on any atom is 0.349 e. The highest BCUT2D eigenvalue weighted by Crippen LogP contribution is 2.20. The molecule has 1 aromatic heterocycles. The van der Waals surface area contributed by atoms with Crippen molar-refractivity contribution in [1.29, 1.82) is 0 Å². The lowest BCUT2D eigenvalue weighted by atomic mass is 10.1. The number of anilines is 1. The summed E-state index contributed by atoms with van der Waals surface area (Å²) in [5.41, 5.74) is -0.620. The first-order valence-corrected chi connectivity index (χ1v) is 11.0. The first-order valence-electron chi connectivity index (χ1n) is 9.53. The van der Waals surface area contributed by atoms with Crippen LogP contribution in [0.1, 0.15) is 20.7 Å². The van der Waals surface area contributed by atoms with E-state index in [0.717, 1.165) is 0 Å². The number of amides is 2. The Balaban J connectivity index is 1.50. The molecule has 0 unspecified atom stereocenters. The Labute approximate surface area is 187 Å². The number of carbonyl (C=O) groups is 2. The minimum absolute atomic E-state index is 0.0853. The van der Waals surface area contributed by atoms with Gasteiger partial charge in [-0.1, -0.05) is 18.2 Å². The normalized spacial score (nSPS) is 11.2. The molecule has 0 bridgehead atoms. The second-order valence-electron chi connectivity index (χ2n) is 6.95. The van der Waals surface area contributed by atoms with E-state index in [2.05, 4.69) is 5.32 Å². The van der Waals surface area contributed by atoms with Gasteiger partial charge in [-0.3, -0.25) is 9.59 Å². The maximum atomic E-state index is 12.5. The number of fused-ring (bicyclic) bond motifs is 1. The van der Waals surface area contributed by atoms with Gasteiger partial charge >= 0.3 is 5.63 Å². The molecule has 0 saturated carbocycles. The molecule has 0 atom stereocenters. The van der Waals surface area contributed by atoms with Crippen LogP contribution in [0.4, 0.5) is 5.69 Å². The summed E-state index contributed by atoms with van der Waals surface area (Å²) < 4.78 is 32.0. The van der Waals surface area contributed by atoms with Gasteiger partial charge in [0, 0.05) is 22.7 Å². The molecule has 2 amide bonds. The average molecular weight is 464 g/mol. The molecule has 0 spiro atoms. The van der Waals surface area contributed by atoms with Crippen molar-refractivity contribution in [3.05, 3.63) is 100 Å². The number of carbonyl (C=O) groups excluding carboxylic acids is 2. The monoisotopic (exact) mass is 464 g/mol. The zero-order chi connectivity index (χ0) is 23.6. The fourth-order valence-electron chi connectivity index (χ4n) is 3.00. The number of benzene rings is 3. The fourth-order valence-corrected chi connectivity index (χ4v) is 3.98. The number of sulfonamides is 1. The summed E-state index contributed by atoms with van der Waals surface area (Å²) in [6.45, 7) is 0. The Morgan fingerprint density at radius 2 is 1.55 bits per heavy atom. The van der Waals surface area contributed by atoms with E-state index in [-0.39, 0.29) is 33.0 Å². The highest BCUT2D eigenvalue weighted by atomic mass is 32.2. The SMILES string of the molecule is O=C(NS(=O)(=O)c1ccc(NC(=O)c2cc3ccc(O)cc3oc2=O)cc1)c1ccccc1. The van der Waals surface area contributed by atoms with Crippen molar-refractivity contribution in [2.24, 2.45) is 0 Å². The van der Waals surface area contributed by atoms with Crippen molar-refractivity contribution < 1.29 is 27.5 Å². The summed E-state index contributed by atoms with van der Waals surface area (Å²) in [6.07, 6.45) is 0. The predicted molar refractivity (Wildman–Crippen MR) is 120 cm³/mol. The van der Waals surface area contributed by atoms with E-state index in [0.29, 0.717) is 5.39 Å². The number of phenols is 1. The Bertz CT molecular complexity index is 1530. The number of hydrogen-bond acceptors (Lipinski definition) is 7. The molecular formula is C23H16N2O7S. The highest BCUT2D eigenvalue weighted by molar-refractivity contribution is 7.90. The molecule has 0 saturated heterocycles.